The Hall–Kier alpha value is -1.22. The molecule has 0 aliphatic carbocycles. The quantitative estimate of drug-likeness (QED) is 0.775. The minimum absolute atomic E-state index is 0.0413. The van der Waals surface area contributed by atoms with Crippen molar-refractivity contribution in [3.05, 3.63) is 23.5 Å². The van der Waals surface area contributed by atoms with Gasteiger partial charge in [0, 0.05) is 31.7 Å². The van der Waals surface area contributed by atoms with Crippen LogP contribution in [0, 0.1) is 5.82 Å². The van der Waals surface area contributed by atoms with Gasteiger partial charge in [-0.2, -0.15) is 0 Å². The maximum Gasteiger partial charge on any atom is 0.240 e. The van der Waals surface area contributed by atoms with Gasteiger partial charge >= 0.3 is 0 Å². The smallest absolute Gasteiger partial charge is 0.240 e. The van der Waals surface area contributed by atoms with E-state index in [0.717, 1.165) is 6.07 Å². The summed E-state index contributed by atoms with van der Waals surface area (Å²) in [4.78, 5) is -0.161. The van der Waals surface area contributed by atoms with E-state index in [2.05, 4.69) is 4.72 Å². The molecule has 1 aliphatic rings. The number of halogens is 1. The number of ether oxygens (including phenoxy) is 2. The molecular weight excluding hydrogens is 287 g/mol. The van der Waals surface area contributed by atoms with Crippen LogP contribution in [0.4, 0.5) is 4.39 Å². The zero-order chi connectivity index (χ0) is 14.8. The molecule has 20 heavy (non-hydrogen) atoms. The Kier molecular flexibility index (Phi) is 4.59. The number of nitrogens with two attached hydrogens (primary N) is 1. The summed E-state index contributed by atoms with van der Waals surface area (Å²) in [5.41, 5.74) is 6.25. The number of sulfonamides is 1. The molecule has 0 radical (unpaired) electrons. The lowest BCUT2D eigenvalue weighted by molar-refractivity contribution is 0.204. The van der Waals surface area contributed by atoms with Gasteiger partial charge in [0.1, 0.15) is 0 Å². The van der Waals surface area contributed by atoms with Gasteiger partial charge < -0.3 is 15.2 Å². The third-order valence-corrected chi connectivity index (χ3v) is 4.47. The van der Waals surface area contributed by atoms with Crippen molar-refractivity contribution in [2.45, 2.75) is 17.4 Å². The van der Waals surface area contributed by atoms with Gasteiger partial charge in [0.15, 0.2) is 11.6 Å². The molecule has 1 aromatic rings. The van der Waals surface area contributed by atoms with Crippen LogP contribution in [0.5, 0.6) is 5.75 Å². The molecule has 1 unspecified atom stereocenters. The largest absolute Gasteiger partial charge is 0.490 e. The second-order valence-electron chi connectivity index (χ2n) is 4.46. The predicted octanol–water partition coefficient (Wildman–Crippen LogP) is 0.533. The molecule has 0 saturated heterocycles. The van der Waals surface area contributed by atoms with Crippen molar-refractivity contribution in [2.24, 2.45) is 5.73 Å². The summed E-state index contributed by atoms with van der Waals surface area (Å²) in [6, 6.07) is 1.87. The lowest BCUT2D eigenvalue weighted by Crippen LogP contribution is -2.28. The average molecular weight is 304 g/mol. The Bertz CT molecular complexity index is 591. The summed E-state index contributed by atoms with van der Waals surface area (Å²) < 4.78 is 50.3. The Morgan fingerprint density at radius 2 is 2.30 bits per heavy atom. The first-order chi connectivity index (χ1) is 9.45. The zero-order valence-corrected chi connectivity index (χ0v) is 11.9. The van der Waals surface area contributed by atoms with Gasteiger partial charge in [0.05, 0.1) is 18.1 Å². The highest BCUT2D eigenvalue weighted by atomic mass is 32.2. The van der Waals surface area contributed by atoms with Crippen molar-refractivity contribution >= 4 is 10.0 Å². The van der Waals surface area contributed by atoms with E-state index in [1.165, 1.54) is 13.2 Å². The molecule has 1 heterocycles. The molecule has 1 aliphatic heterocycles. The third-order valence-electron chi connectivity index (χ3n) is 3.03. The van der Waals surface area contributed by atoms with Crippen LogP contribution < -0.4 is 15.2 Å². The summed E-state index contributed by atoms with van der Waals surface area (Å²) in [6.45, 7) is 0.665. The molecule has 1 atom stereocenters. The van der Waals surface area contributed by atoms with Gasteiger partial charge in [-0.15, -0.1) is 0 Å². The summed E-state index contributed by atoms with van der Waals surface area (Å²) in [5, 5.41) is 0. The van der Waals surface area contributed by atoms with E-state index in [1.54, 1.807) is 0 Å². The Balaban J connectivity index is 2.34. The lowest BCUT2D eigenvalue weighted by Gasteiger charge is -2.24. The molecular formula is C12H17FN2O4S. The Morgan fingerprint density at radius 3 is 3.00 bits per heavy atom. The SMILES string of the molecule is COCCNS(=O)(=O)c1cc(F)c2c(c1)C(N)CCO2. The number of methoxy groups -OCH3 is 1. The minimum Gasteiger partial charge on any atom is -0.490 e. The van der Waals surface area contributed by atoms with Crippen LogP contribution in [0.2, 0.25) is 0 Å². The fourth-order valence-electron chi connectivity index (χ4n) is 1.98. The normalized spacial score (nSPS) is 18.4. The van der Waals surface area contributed by atoms with Crippen LogP contribution in [-0.2, 0) is 14.8 Å². The van der Waals surface area contributed by atoms with Gasteiger partial charge in [0.25, 0.3) is 0 Å². The van der Waals surface area contributed by atoms with E-state index in [4.69, 9.17) is 15.2 Å². The zero-order valence-electron chi connectivity index (χ0n) is 11.1. The van der Waals surface area contributed by atoms with Crippen LogP contribution in [0.1, 0.15) is 18.0 Å². The fraction of sp³-hybridized carbons (Fsp3) is 0.500. The number of hydrogen-bond donors (Lipinski definition) is 2. The number of hydrogen-bond acceptors (Lipinski definition) is 5. The molecule has 0 amide bonds. The van der Waals surface area contributed by atoms with E-state index in [1.807, 2.05) is 0 Å². The summed E-state index contributed by atoms with van der Waals surface area (Å²) in [6.07, 6.45) is 0.521. The molecule has 0 bridgehead atoms. The first-order valence-electron chi connectivity index (χ1n) is 6.16. The molecule has 0 saturated carbocycles. The standard InChI is InChI=1S/C12H17FN2O4S/c1-18-5-3-15-20(16,17)8-6-9-11(14)2-4-19-12(9)10(13)7-8/h6-7,11,15H,2-5,14H2,1H3. The fourth-order valence-corrected chi connectivity index (χ4v) is 3.04. The molecule has 0 aromatic heterocycles. The molecule has 3 N–H and O–H groups in total. The van der Waals surface area contributed by atoms with Crippen molar-refractivity contribution in [1.29, 1.82) is 0 Å². The van der Waals surface area contributed by atoms with Crippen LogP contribution >= 0.6 is 0 Å². The first-order valence-corrected chi connectivity index (χ1v) is 7.64. The molecule has 0 spiro atoms. The van der Waals surface area contributed by atoms with Crippen molar-refractivity contribution in [3.8, 4) is 5.75 Å². The van der Waals surface area contributed by atoms with E-state index in [0.29, 0.717) is 18.6 Å². The number of fused-ring (bicyclic) bond motifs is 1. The van der Waals surface area contributed by atoms with E-state index in [-0.39, 0.29) is 23.8 Å². The molecule has 6 nitrogen and oxygen atoms in total. The van der Waals surface area contributed by atoms with Crippen molar-refractivity contribution in [1.82, 2.24) is 4.72 Å². The number of benzene rings is 1. The number of rotatable bonds is 5. The van der Waals surface area contributed by atoms with Gasteiger partial charge in [-0.3, -0.25) is 0 Å². The molecule has 0 fully saturated rings. The maximum atomic E-state index is 13.9. The van der Waals surface area contributed by atoms with Gasteiger partial charge in [-0.25, -0.2) is 17.5 Å². The topological polar surface area (TPSA) is 90.7 Å². The van der Waals surface area contributed by atoms with E-state index < -0.39 is 21.9 Å². The van der Waals surface area contributed by atoms with E-state index in [9.17, 15) is 12.8 Å². The van der Waals surface area contributed by atoms with Gasteiger partial charge in [0.2, 0.25) is 10.0 Å². The second-order valence-corrected chi connectivity index (χ2v) is 6.22. The van der Waals surface area contributed by atoms with Crippen molar-refractivity contribution in [2.75, 3.05) is 26.9 Å². The summed E-state index contributed by atoms with van der Waals surface area (Å²) in [7, 11) is -2.33. The highest BCUT2D eigenvalue weighted by Crippen LogP contribution is 2.34. The second kappa shape index (κ2) is 6.04. The van der Waals surface area contributed by atoms with E-state index >= 15 is 0 Å². The lowest BCUT2D eigenvalue weighted by atomic mass is 10.0. The molecule has 1 aromatic carbocycles. The Morgan fingerprint density at radius 1 is 1.55 bits per heavy atom. The highest BCUT2D eigenvalue weighted by molar-refractivity contribution is 7.89. The Labute approximate surface area is 117 Å². The van der Waals surface area contributed by atoms with Crippen molar-refractivity contribution < 1.29 is 22.3 Å². The minimum atomic E-state index is -3.79. The van der Waals surface area contributed by atoms with Crippen LogP contribution in [0.25, 0.3) is 0 Å². The van der Waals surface area contributed by atoms with Crippen LogP contribution in [0.15, 0.2) is 17.0 Å². The van der Waals surface area contributed by atoms with Gasteiger partial charge in [-0.05, 0) is 12.1 Å². The average Bonchev–Trinajstić information content (AvgIpc) is 2.40. The monoisotopic (exact) mass is 304 g/mol. The van der Waals surface area contributed by atoms with Crippen molar-refractivity contribution in [3.63, 3.8) is 0 Å². The molecule has 2 rings (SSSR count). The molecule has 8 heteroatoms. The third kappa shape index (κ3) is 3.09. The predicted molar refractivity (Wildman–Crippen MR) is 70.5 cm³/mol. The first kappa shape index (κ1) is 15.2. The highest BCUT2D eigenvalue weighted by Gasteiger charge is 2.25. The molecule has 112 valence electrons. The van der Waals surface area contributed by atoms with Crippen LogP contribution in [0.3, 0.4) is 0 Å². The maximum absolute atomic E-state index is 13.9. The summed E-state index contributed by atoms with van der Waals surface area (Å²) >= 11 is 0. The van der Waals surface area contributed by atoms with Gasteiger partial charge in [-0.1, -0.05) is 0 Å². The number of nitrogens with one attached hydrogen (secondary N) is 1. The summed E-state index contributed by atoms with van der Waals surface area (Å²) in [5.74, 6) is -0.677. The van der Waals surface area contributed by atoms with Crippen LogP contribution in [-0.4, -0.2) is 35.3 Å².